The van der Waals surface area contributed by atoms with Crippen molar-refractivity contribution in [2.75, 3.05) is 0 Å². The van der Waals surface area contributed by atoms with Gasteiger partial charge in [-0.3, -0.25) is 9.59 Å². The second-order valence-corrected chi connectivity index (χ2v) is 10.1. The Bertz CT molecular complexity index is 909. The van der Waals surface area contributed by atoms with E-state index in [9.17, 15) is 9.59 Å². The SMILES string of the molecule is NC(Cc1cccs1)C(=O)NC(C=CC(=O)N1Cc2ccccc2C1)CC1CCCCC1. The van der Waals surface area contributed by atoms with Crippen LogP contribution in [0.5, 0.6) is 0 Å². The first-order chi connectivity index (χ1) is 15.6. The molecular weight excluding hydrogens is 418 g/mol. The van der Waals surface area contributed by atoms with E-state index in [0.717, 1.165) is 11.3 Å². The van der Waals surface area contributed by atoms with E-state index in [1.54, 1.807) is 17.4 Å². The fourth-order valence-electron chi connectivity index (χ4n) is 4.79. The maximum atomic E-state index is 12.8. The summed E-state index contributed by atoms with van der Waals surface area (Å²) in [6.07, 6.45) is 11.1. The molecule has 4 rings (SSSR count). The Morgan fingerprint density at radius 3 is 2.47 bits per heavy atom. The monoisotopic (exact) mass is 451 g/mol. The number of nitrogens with one attached hydrogen (secondary N) is 1. The Morgan fingerprint density at radius 2 is 1.81 bits per heavy atom. The van der Waals surface area contributed by atoms with Gasteiger partial charge in [-0.15, -0.1) is 11.3 Å². The molecule has 170 valence electrons. The number of hydrogen-bond acceptors (Lipinski definition) is 4. The lowest BCUT2D eigenvalue weighted by molar-refractivity contribution is -0.127. The summed E-state index contributed by atoms with van der Waals surface area (Å²) in [6.45, 7) is 1.29. The number of rotatable bonds is 8. The molecule has 2 heterocycles. The molecule has 2 amide bonds. The molecule has 0 bridgehead atoms. The standard InChI is InChI=1S/C26H33N3O2S/c27-24(16-23-11-6-14-32-23)26(31)28-22(15-19-7-2-1-3-8-19)12-13-25(30)29-17-20-9-4-5-10-21(20)18-29/h4-6,9-14,19,22,24H,1-3,7-8,15-18,27H2,(H,28,31). The quantitative estimate of drug-likeness (QED) is 0.592. The first-order valence-electron chi connectivity index (χ1n) is 11.7. The molecule has 0 saturated heterocycles. The molecule has 1 aliphatic heterocycles. The predicted octanol–water partition coefficient (Wildman–Crippen LogP) is 4.17. The minimum Gasteiger partial charge on any atom is -0.349 e. The maximum absolute atomic E-state index is 12.8. The van der Waals surface area contributed by atoms with Gasteiger partial charge in [-0.05, 0) is 34.9 Å². The largest absolute Gasteiger partial charge is 0.349 e. The average Bonchev–Trinajstić information content (AvgIpc) is 3.47. The van der Waals surface area contributed by atoms with E-state index >= 15 is 0 Å². The van der Waals surface area contributed by atoms with E-state index in [0.29, 0.717) is 25.4 Å². The molecule has 1 aromatic heterocycles. The normalized spacial score (nSPS) is 18.5. The molecule has 1 fully saturated rings. The Kier molecular flexibility index (Phi) is 7.76. The maximum Gasteiger partial charge on any atom is 0.246 e. The van der Waals surface area contributed by atoms with Gasteiger partial charge >= 0.3 is 0 Å². The zero-order chi connectivity index (χ0) is 22.3. The van der Waals surface area contributed by atoms with Gasteiger partial charge in [0.05, 0.1) is 6.04 Å². The molecule has 6 heteroatoms. The van der Waals surface area contributed by atoms with Gasteiger partial charge in [-0.2, -0.15) is 0 Å². The number of fused-ring (bicyclic) bond motifs is 1. The lowest BCUT2D eigenvalue weighted by atomic mass is 9.84. The Morgan fingerprint density at radius 1 is 1.09 bits per heavy atom. The highest BCUT2D eigenvalue weighted by Gasteiger charge is 2.24. The van der Waals surface area contributed by atoms with Gasteiger partial charge in [0.2, 0.25) is 11.8 Å². The summed E-state index contributed by atoms with van der Waals surface area (Å²) in [6, 6.07) is 11.4. The van der Waals surface area contributed by atoms with Gasteiger partial charge in [0.1, 0.15) is 0 Å². The fourth-order valence-corrected chi connectivity index (χ4v) is 5.55. The van der Waals surface area contributed by atoms with Crippen LogP contribution in [0.1, 0.15) is 54.5 Å². The first-order valence-corrected chi connectivity index (χ1v) is 12.6. The Hall–Kier alpha value is -2.44. The highest BCUT2D eigenvalue weighted by Crippen LogP contribution is 2.28. The summed E-state index contributed by atoms with van der Waals surface area (Å²) in [5.74, 6) is 0.426. The predicted molar refractivity (Wildman–Crippen MR) is 129 cm³/mol. The van der Waals surface area contributed by atoms with Crippen LogP contribution in [0, 0.1) is 5.92 Å². The van der Waals surface area contributed by atoms with Crippen molar-refractivity contribution in [1.82, 2.24) is 10.2 Å². The second kappa shape index (κ2) is 10.9. The van der Waals surface area contributed by atoms with Crippen molar-refractivity contribution in [1.29, 1.82) is 0 Å². The lowest BCUT2D eigenvalue weighted by Crippen LogP contribution is -2.46. The van der Waals surface area contributed by atoms with Gasteiger partial charge in [0, 0.05) is 36.5 Å². The highest BCUT2D eigenvalue weighted by molar-refractivity contribution is 7.09. The molecule has 32 heavy (non-hydrogen) atoms. The summed E-state index contributed by atoms with van der Waals surface area (Å²) >= 11 is 1.61. The molecule has 3 N–H and O–H groups in total. The van der Waals surface area contributed by atoms with Crippen LogP contribution in [0.15, 0.2) is 53.9 Å². The van der Waals surface area contributed by atoms with Crippen molar-refractivity contribution in [2.45, 2.75) is 70.1 Å². The van der Waals surface area contributed by atoms with Crippen molar-refractivity contribution >= 4 is 23.2 Å². The van der Waals surface area contributed by atoms with Gasteiger partial charge in [0.25, 0.3) is 0 Å². The third-order valence-corrected chi connectivity index (χ3v) is 7.50. The minimum atomic E-state index is -0.584. The van der Waals surface area contributed by atoms with Crippen LogP contribution >= 0.6 is 11.3 Å². The summed E-state index contributed by atoms with van der Waals surface area (Å²) in [7, 11) is 0. The fraction of sp³-hybridized carbons (Fsp3) is 0.462. The summed E-state index contributed by atoms with van der Waals surface area (Å²) < 4.78 is 0. The van der Waals surface area contributed by atoms with Gasteiger partial charge in [0.15, 0.2) is 0 Å². The number of nitrogens with zero attached hydrogens (tertiary/aromatic N) is 1. The van der Waals surface area contributed by atoms with Crippen molar-refractivity contribution < 1.29 is 9.59 Å². The van der Waals surface area contributed by atoms with Crippen LogP contribution < -0.4 is 11.1 Å². The van der Waals surface area contributed by atoms with Crippen LogP contribution in [-0.2, 0) is 29.1 Å². The smallest absolute Gasteiger partial charge is 0.246 e. The van der Waals surface area contributed by atoms with E-state index in [2.05, 4.69) is 17.4 Å². The number of carbonyl (C=O) groups excluding carboxylic acids is 2. The third kappa shape index (κ3) is 6.08. The van der Waals surface area contributed by atoms with Crippen LogP contribution in [0.4, 0.5) is 0 Å². The van der Waals surface area contributed by atoms with Crippen LogP contribution in [0.25, 0.3) is 0 Å². The van der Waals surface area contributed by atoms with Crippen molar-refractivity contribution in [3.8, 4) is 0 Å². The molecule has 2 aliphatic rings. The topological polar surface area (TPSA) is 75.4 Å². The van der Waals surface area contributed by atoms with Crippen molar-refractivity contribution in [3.63, 3.8) is 0 Å². The number of thiophene rings is 1. The molecule has 1 aliphatic carbocycles. The minimum absolute atomic E-state index is 0.00743. The van der Waals surface area contributed by atoms with E-state index in [1.807, 2.05) is 40.6 Å². The molecule has 2 unspecified atom stereocenters. The van der Waals surface area contributed by atoms with Gasteiger partial charge in [-0.1, -0.05) is 68.5 Å². The molecule has 5 nitrogen and oxygen atoms in total. The van der Waals surface area contributed by atoms with Crippen LogP contribution in [-0.4, -0.2) is 28.8 Å². The zero-order valence-corrected chi connectivity index (χ0v) is 19.4. The van der Waals surface area contributed by atoms with E-state index < -0.39 is 6.04 Å². The molecule has 2 atom stereocenters. The second-order valence-electron chi connectivity index (χ2n) is 9.07. The molecule has 1 aromatic carbocycles. The summed E-state index contributed by atoms with van der Waals surface area (Å²) in [5, 5.41) is 5.12. The van der Waals surface area contributed by atoms with E-state index in [4.69, 9.17) is 5.73 Å². The first kappa shape index (κ1) is 22.7. The molecule has 1 saturated carbocycles. The third-order valence-electron chi connectivity index (χ3n) is 6.60. The van der Waals surface area contributed by atoms with Crippen molar-refractivity contribution in [2.24, 2.45) is 11.7 Å². The number of carbonyl (C=O) groups is 2. The summed E-state index contributed by atoms with van der Waals surface area (Å²) in [4.78, 5) is 28.6. The van der Waals surface area contributed by atoms with Crippen LogP contribution in [0.3, 0.4) is 0 Å². The highest BCUT2D eigenvalue weighted by atomic mass is 32.1. The zero-order valence-electron chi connectivity index (χ0n) is 18.5. The van der Waals surface area contributed by atoms with Gasteiger partial charge in [-0.25, -0.2) is 0 Å². The molecule has 0 spiro atoms. The Labute approximate surface area is 194 Å². The number of benzene rings is 1. The van der Waals surface area contributed by atoms with Crippen molar-refractivity contribution in [3.05, 3.63) is 69.9 Å². The number of amides is 2. The lowest BCUT2D eigenvalue weighted by Gasteiger charge is -2.26. The Balaban J connectivity index is 1.38. The average molecular weight is 452 g/mol. The van der Waals surface area contributed by atoms with E-state index in [1.165, 1.54) is 43.2 Å². The van der Waals surface area contributed by atoms with Crippen LogP contribution in [0.2, 0.25) is 0 Å². The molecule has 2 aromatic rings. The number of hydrogen-bond donors (Lipinski definition) is 2. The summed E-state index contributed by atoms with van der Waals surface area (Å²) in [5.41, 5.74) is 8.61. The number of nitrogens with two attached hydrogens (primary N) is 1. The molecule has 0 radical (unpaired) electrons. The van der Waals surface area contributed by atoms with Gasteiger partial charge < -0.3 is 16.0 Å². The molecular formula is C26H33N3O2S. The van der Waals surface area contributed by atoms with E-state index in [-0.39, 0.29) is 17.9 Å².